The van der Waals surface area contributed by atoms with Gasteiger partial charge in [0.05, 0.1) is 18.4 Å². The fourth-order valence-corrected chi connectivity index (χ4v) is 7.74. The second-order valence-corrected chi connectivity index (χ2v) is 15.0. The lowest BCUT2D eigenvalue weighted by molar-refractivity contribution is -0.124. The Morgan fingerprint density at radius 1 is 0.774 bits per heavy atom. The van der Waals surface area contributed by atoms with Gasteiger partial charge in [-0.25, -0.2) is 9.99 Å². The molecule has 2 N–H and O–H groups in total. The monoisotopic (exact) mass is 727 g/mol. The van der Waals surface area contributed by atoms with E-state index in [0.717, 1.165) is 48.3 Å². The van der Waals surface area contributed by atoms with Crippen LogP contribution >= 0.6 is 0 Å². The molecule has 0 saturated heterocycles. The van der Waals surface area contributed by atoms with E-state index >= 15 is 0 Å². The first-order valence-electron chi connectivity index (χ1n) is 20.1. The highest BCUT2D eigenvalue weighted by Crippen LogP contribution is 2.40. The van der Waals surface area contributed by atoms with Gasteiger partial charge in [-0.05, 0) is 97.6 Å². The van der Waals surface area contributed by atoms with E-state index in [9.17, 15) is 9.59 Å². The van der Waals surface area contributed by atoms with Crippen LogP contribution in [0, 0.1) is 47.3 Å². The van der Waals surface area contributed by atoms with Crippen molar-refractivity contribution in [3.05, 3.63) is 61.1 Å². The molecule has 2 saturated carbocycles. The highest BCUT2D eigenvalue weighted by Gasteiger charge is 2.36. The van der Waals surface area contributed by atoms with Crippen LogP contribution < -0.4 is 15.6 Å². The van der Waals surface area contributed by atoms with Gasteiger partial charge >= 0.3 is 0 Å². The van der Waals surface area contributed by atoms with Gasteiger partial charge in [0.2, 0.25) is 11.8 Å². The molecule has 2 heterocycles. The van der Waals surface area contributed by atoms with Gasteiger partial charge in [-0.2, -0.15) is 5.10 Å². The second-order valence-electron chi connectivity index (χ2n) is 15.0. The highest BCUT2D eigenvalue weighted by molar-refractivity contribution is 5.94. The van der Waals surface area contributed by atoms with E-state index in [-0.39, 0.29) is 23.7 Å². The number of carbonyl (C=O) groups is 2. The van der Waals surface area contributed by atoms with Crippen LogP contribution in [0.25, 0.3) is 11.3 Å². The van der Waals surface area contributed by atoms with Gasteiger partial charge < -0.3 is 15.1 Å². The second kappa shape index (κ2) is 22.1. The molecule has 1 aliphatic heterocycles. The lowest BCUT2D eigenvalue weighted by Gasteiger charge is -2.36. The van der Waals surface area contributed by atoms with Crippen molar-refractivity contribution < 1.29 is 14.0 Å². The summed E-state index contributed by atoms with van der Waals surface area (Å²) in [5.41, 5.74) is 3.51. The minimum Gasteiger partial charge on any atom is -0.444 e. The maximum atomic E-state index is 12.9. The minimum atomic E-state index is 0.0997. The topological polar surface area (TPSA) is 112 Å². The number of aromatic nitrogens is 1. The number of carbonyl (C=O) groups excluding carboxylic acids is 2. The van der Waals surface area contributed by atoms with E-state index in [2.05, 4.69) is 67.3 Å². The summed E-state index contributed by atoms with van der Waals surface area (Å²) in [5, 5.41) is 12.2. The van der Waals surface area contributed by atoms with Crippen LogP contribution in [0.5, 0.6) is 0 Å². The van der Waals surface area contributed by atoms with Crippen molar-refractivity contribution in [2.75, 3.05) is 22.2 Å². The summed E-state index contributed by atoms with van der Waals surface area (Å²) in [6.07, 6.45) is 13.3. The molecule has 290 valence electrons. The predicted octanol–water partition coefficient (Wildman–Crippen LogP) is 11.2. The summed E-state index contributed by atoms with van der Waals surface area (Å²) in [6, 6.07) is 15.5. The van der Waals surface area contributed by atoms with Gasteiger partial charge in [0.25, 0.3) is 0 Å². The SMILES string of the molecule is CC.CC.CC1CCC(C(C)C)C(C(=O)Nc2ccc(N3C=NCC=N3)cc2)C1.CC1CCC(C(C)C)C(C(=O)Nc2cccc(-c3cnco3)c2)C1. The molecule has 0 spiro atoms. The van der Waals surface area contributed by atoms with Crippen LogP contribution in [0.2, 0.25) is 0 Å². The number of amides is 2. The first kappa shape index (κ1) is 43.1. The smallest absolute Gasteiger partial charge is 0.227 e. The molecule has 6 atom stereocenters. The largest absolute Gasteiger partial charge is 0.444 e. The Hall–Kier alpha value is -4.27. The highest BCUT2D eigenvalue weighted by atomic mass is 16.3. The summed E-state index contributed by atoms with van der Waals surface area (Å²) in [7, 11) is 0. The molecule has 2 aromatic carbocycles. The Balaban J connectivity index is 0.000000261. The number of hydrogen-bond donors (Lipinski definition) is 2. The summed E-state index contributed by atoms with van der Waals surface area (Å²) in [5.74, 6) is 4.51. The fourth-order valence-electron chi connectivity index (χ4n) is 7.74. The molecule has 3 aliphatic rings. The third-order valence-electron chi connectivity index (χ3n) is 10.5. The first-order chi connectivity index (χ1) is 25.6. The van der Waals surface area contributed by atoms with Crippen LogP contribution in [-0.2, 0) is 9.59 Å². The Morgan fingerprint density at radius 3 is 1.83 bits per heavy atom. The van der Waals surface area contributed by atoms with Gasteiger partial charge in [0.1, 0.15) is 6.34 Å². The molecule has 9 heteroatoms. The Bertz CT molecular complexity index is 1550. The number of nitrogens with zero attached hydrogens (tertiary/aromatic N) is 4. The quantitative estimate of drug-likeness (QED) is 0.240. The van der Waals surface area contributed by atoms with E-state index in [1.807, 2.05) is 76.2 Å². The van der Waals surface area contributed by atoms with Crippen molar-refractivity contribution in [2.24, 2.45) is 57.4 Å². The number of benzene rings is 2. The molecule has 6 unspecified atom stereocenters. The number of oxazole rings is 1. The van der Waals surface area contributed by atoms with Gasteiger partial charge in [-0.1, -0.05) is 94.2 Å². The number of aliphatic imine (C=N–C) groups is 1. The summed E-state index contributed by atoms with van der Waals surface area (Å²) < 4.78 is 5.33. The number of rotatable bonds is 8. The molecule has 9 nitrogen and oxygen atoms in total. The van der Waals surface area contributed by atoms with E-state index in [4.69, 9.17) is 4.42 Å². The van der Waals surface area contributed by atoms with Crippen LogP contribution in [0.15, 0.2) is 75.6 Å². The van der Waals surface area contributed by atoms with Gasteiger partial charge in [0, 0.05) is 35.0 Å². The molecule has 0 radical (unpaired) electrons. The number of hydrogen-bond acceptors (Lipinski definition) is 7. The lowest BCUT2D eigenvalue weighted by atomic mass is 9.70. The minimum absolute atomic E-state index is 0.0997. The van der Waals surface area contributed by atoms with E-state index in [1.165, 1.54) is 19.2 Å². The van der Waals surface area contributed by atoms with Crippen LogP contribution in [-0.4, -0.2) is 35.9 Å². The van der Waals surface area contributed by atoms with Crippen molar-refractivity contribution in [1.29, 1.82) is 0 Å². The zero-order chi connectivity index (χ0) is 38.9. The fraction of sp³-hybridized carbons (Fsp3) is 0.568. The standard InChI is InChI=1S/C20H28N4O.C20H26N2O2.2C2H6/c1-14(2)18-9-4-15(3)12-19(18)20(25)23-16-5-7-17(8-6-16)24-13-21-10-11-22-24;1-13(2)17-8-7-14(3)9-18(17)20(23)22-16-6-4-5-15(10-16)19-11-21-12-24-19;2*1-2/h5-8,11,13-15,18-19H,4,9-10,12H2,1-3H3,(H,23,25);4-6,10-14,17-18H,7-9H2,1-3H3,(H,22,23);2*1-2H3. The van der Waals surface area contributed by atoms with E-state index in [1.54, 1.807) is 23.8 Å². The molecule has 2 fully saturated rings. The van der Waals surface area contributed by atoms with Crippen molar-refractivity contribution in [2.45, 2.75) is 108 Å². The van der Waals surface area contributed by atoms with Crippen LogP contribution in [0.1, 0.15) is 108 Å². The Morgan fingerprint density at radius 2 is 1.34 bits per heavy atom. The normalized spacial score (nSPS) is 23.4. The maximum absolute atomic E-state index is 12.9. The van der Waals surface area contributed by atoms with Crippen LogP contribution in [0.4, 0.5) is 17.1 Å². The van der Waals surface area contributed by atoms with E-state index in [0.29, 0.717) is 47.8 Å². The molecule has 2 amide bonds. The van der Waals surface area contributed by atoms with Gasteiger partial charge in [-0.3, -0.25) is 14.6 Å². The zero-order valence-corrected chi connectivity index (χ0v) is 34.0. The molecule has 2 aliphatic carbocycles. The average molecular weight is 727 g/mol. The summed E-state index contributed by atoms with van der Waals surface area (Å²) in [4.78, 5) is 33.9. The Kier molecular flexibility index (Phi) is 18.0. The number of hydrazone groups is 1. The molecular weight excluding hydrogens is 661 g/mol. The maximum Gasteiger partial charge on any atom is 0.227 e. The number of nitrogens with one attached hydrogen (secondary N) is 2. The average Bonchev–Trinajstić information content (AvgIpc) is 3.73. The lowest BCUT2D eigenvalue weighted by Crippen LogP contribution is -2.36. The van der Waals surface area contributed by atoms with Crippen molar-refractivity contribution in [1.82, 2.24) is 4.98 Å². The summed E-state index contributed by atoms with van der Waals surface area (Å²) in [6.45, 7) is 22.1. The Labute approximate surface area is 319 Å². The molecule has 1 aromatic heterocycles. The molecule has 3 aromatic rings. The molecule has 53 heavy (non-hydrogen) atoms. The van der Waals surface area contributed by atoms with Gasteiger partial charge in [0.15, 0.2) is 12.2 Å². The summed E-state index contributed by atoms with van der Waals surface area (Å²) >= 11 is 0. The van der Waals surface area contributed by atoms with Crippen molar-refractivity contribution >= 4 is 41.4 Å². The van der Waals surface area contributed by atoms with E-state index < -0.39 is 0 Å². The molecule has 0 bridgehead atoms. The third-order valence-corrected chi connectivity index (χ3v) is 10.5. The van der Waals surface area contributed by atoms with Crippen molar-refractivity contribution in [3.63, 3.8) is 0 Å². The van der Waals surface area contributed by atoms with Crippen LogP contribution in [0.3, 0.4) is 0 Å². The molecular formula is C44H66N6O3. The number of anilines is 3. The zero-order valence-electron chi connectivity index (χ0n) is 34.0. The van der Waals surface area contributed by atoms with Gasteiger partial charge in [-0.15, -0.1) is 0 Å². The first-order valence-corrected chi connectivity index (χ1v) is 20.1. The predicted molar refractivity (Wildman–Crippen MR) is 222 cm³/mol. The third kappa shape index (κ3) is 12.7. The van der Waals surface area contributed by atoms with Crippen molar-refractivity contribution in [3.8, 4) is 11.3 Å². The molecule has 6 rings (SSSR count).